The molecular formula is C12H23O. The van der Waals surface area contributed by atoms with Crippen molar-refractivity contribution in [2.75, 3.05) is 6.61 Å². The highest BCUT2D eigenvalue weighted by molar-refractivity contribution is 4.64. The van der Waals surface area contributed by atoms with Crippen molar-refractivity contribution >= 4 is 0 Å². The third kappa shape index (κ3) is 5.30. The molecule has 0 saturated heterocycles. The molecule has 0 aromatic heterocycles. The first kappa shape index (κ1) is 11.0. The second-order valence-corrected chi connectivity index (χ2v) is 4.03. The van der Waals surface area contributed by atoms with Gasteiger partial charge in [-0.25, -0.2) is 0 Å². The Hall–Kier alpha value is -0.0400. The van der Waals surface area contributed by atoms with Crippen molar-refractivity contribution in [2.45, 2.75) is 64.4 Å². The van der Waals surface area contributed by atoms with E-state index in [9.17, 15) is 0 Å². The molecule has 0 unspecified atom stereocenters. The van der Waals surface area contributed by atoms with E-state index in [1.807, 2.05) is 0 Å². The van der Waals surface area contributed by atoms with E-state index < -0.39 is 0 Å². The van der Waals surface area contributed by atoms with Crippen LogP contribution in [0.2, 0.25) is 0 Å². The lowest BCUT2D eigenvalue weighted by atomic mass is 9.98. The van der Waals surface area contributed by atoms with Crippen LogP contribution in [0.3, 0.4) is 0 Å². The molecule has 0 aromatic rings. The van der Waals surface area contributed by atoms with Gasteiger partial charge < -0.3 is 4.74 Å². The smallest absolute Gasteiger partial charge is 0.0575 e. The first-order chi connectivity index (χ1) is 6.43. The number of ether oxygens (including phenoxy) is 1. The minimum absolute atomic E-state index is 0.570. The average molecular weight is 183 g/mol. The molecule has 0 amide bonds. The fourth-order valence-corrected chi connectivity index (χ4v) is 1.94. The van der Waals surface area contributed by atoms with Crippen LogP contribution in [0.15, 0.2) is 0 Å². The molecule has 1 aliphatic rings. The van der Waals surface area contributed by atoms with Crippen LogP contribution in [0.5, 0.6) is 0 Å². The second-order valence-electron chi connectivity index (χ2n) is 4.03. The molecule has 1 nitrogen and oxygen atoms in total. The van der Waals surface area contributed by atoms with E-state index >= 15 is 0 Å². The number of unbranched alkanes of at least 4 members (excludes halogenated alkanes) is 1. The van der Waals surface area contributed by atoms with Crippen molar-refractivity contribution in [3.05, 3.63) is 6.42 Å². The van der Waals surface area contributed by atoms with Crippen LogP contribution in [0, 0.1) is 6.42 Å². The summed E-state index contributed by atoms with van der Waals surface area (Å²) >= 11 is 0. The van der Waals surface area contributed by atoms with Gasteiger partial charge in [0.15, 0.2) is 0 Å². The summed E-state index contributed by atoms with van der Waals surface area (Å²) < 4.78 is 5.83. The Kier molecular flexibility index (Phi) is 6.26. The minimum atomic E-state index is 0.570. The summed E-state index contributed by atoms with van der Waals surface area (Å²) in [5.41, 5.74) is 0. The zero-order valence-electron chi connectivity index (χ0n) is 8.93. The minimum Gasteiger partial charge on any atom is -0.378 e. The van der Waals surface area contributed by atoms with E-state index in [1.165, 1.54) is 44.9 Å². The van der Waals surface area contributed by atoms with Crippen LogP contribution < -0.4 is 0 Å². The van der Waals surface area contributed by atoms with Crippen molar-refractivity contribution in [3.63, 3.8) is 0 Å². The van der Waals surface area contributed by atoms with Crippen LogP contribution in [0.25, 0.3) is 0 Å². The first-order valence-electron chi connectivity index (χ1n) is 5.83. The molecule has 1 fully saturated rings. The highest BCUT2D eigenvalue weighted by Gasteiger charge is 2.10. The maximum Gasteiger partial charge on any atom is 0.0575 e. The van der Waals surface area contributed by atoms with Gasteiger partial charge in [-0.05, 0) is 25.7 Å². The van der Waals surface area contributed by atoms with Gasteiger partial charge in [0.1, 0.15) is 0 Å². The van der Waals surface area contributed by atoms with Gasteiger partial charge in [-0.2, -0.15) is 0 Å². The highest BCUT2D eigenvalue weighted by atomic mass is 16.5. The monoisotopic (exact) mass is 183 g/mol. The van der Waals surface area contributed by atoms with Gasteiger partial charge in [-0.1, -0.05) is 39.0 Å². The van der Waals surface area contributed by atoms with Crippen LogP contribution in [-0.2, 0) is 4.74 Å². The van der Waals surface area contributed by atoms with E-state index in [1.54, 1.807) is 0 Å². The number of hydrogen-bond donors (Lipinski definition) is 0. The highest BCUT2D eigenvalue weighted by Crippen LogP contribution is 2.19. The maximum atomic E-state index is 5.83. The van der Waals surface area contributed by atoms with Crippen molar-refractivity contribution in [2.24, 2.45) is 0 Å². The molecule has 1 radical (unpaired) electrons. The van der Waals surface area contributed by atoms with Crippen LogP contribution in [-0.4, -0.2) is 12.7 Å². The second kappa shape index (κ2) is 7.37. The lowest BCUT2D eigenvalue weighted by Gasteiger charge is -2.19. The molecule has 13 heavy (non-hydrogen) atoms. The standard InChI is InChI=1S/C12H23O/c1-2-3-11-13-12-9-7-5-4-6-8-10-12/h2,12H,3-11H2,1H3. The van der Waals surface area contributed by atoms with Gasteiger partial charge in [0.05, 0.1) is 6.10 Å². The molecule has 0 aliphatic heterocycles. The van der Waals surface area contributed by atoms with E-state index in [0.717, 1.165) is 13.0 Å². The molecule has 0 atom stereocenters. The largest absolute Gasteiger partial charge is 0.378 e. The summed E-state index contributed by atoms with van der Waals surface area (Å²) in [5.74, 6) is 0. The Morgan fingerprint density at radius 2 is 1.69 bits per heavy atom. The summed E-state index contributed by atoms with van der Waals surface area (Å²) in [7, 11) is 0. The Labute approximate surface area is 82.9 Å². The van der Waals surface area contributed by atoms with Crippen molar-refractivity contribution in [1.82, 2.24) is 0 Å². The molecule has 1 aliphatic carbocycles. The molecular weight excluding hydrogens is 160 g/mol. The summed E-state index contributed by atoms with van der Waals surface area (Å²) in [4.78, 5) is 0. The fraction of sp³-hybridized carbons (Fsp3) is 0.917. The van der Waals surface area contributed by atoms with Crippen LogP contribution >= 0.6 is 0 Å². The molecule has 1 saturated carbocycles. The summed E-state index contributed by atoms with van der Waals surface area (Å²) in [5, 5.41) is 0. The Morgan fingerprint density at radius 3 is 2.31 bits per heavy atom. The molecule has 0 heterocycles. The lowest BCUT2D eigenvalue weighted by molar-refractivity contribution is 0.0371. The predicted octanol–water partition coefficient (Wildman–Crippen LogP) is 3.73. The van der Waals surface area contributed by atoms with Crippen molar-refractivity contribution in [3.8, 4) is 0 Å². The third-order valence-corrected chi connectivity index (χ3v) is 2.81. The Morgan fingerprint density at radius 1 is 1.08 bits per heavy atom. The number of rotatable bonds is 4. The molecule has 0 bridgehead atoms. The van der Waals surface area contributed by atoms with E-state index in [4.69, 9.17) is 4.74 Å². The Bertz CT molecular complexity index is 104. The molecule has 77 valence electrons. The lowest BCUT2D eigenvalue weighted by Crippen LogP contribution is -2.15. The average Bonchev–Trinajstić information content (AvgIpc) is 2.08. The maximum absolute atomic E-state index is 5.83. The van der Waals surface area contributed by atoms with E-state index in [-0.39, 0.29) is 0 Å². The number of hydrogen-bond acceptors (Lipinski definition) is 1. The quantitative estimate of drug-likeness (QED) is 0.603. The zero-order valence-corrected chi connectivity index (χ0v) is 8.93. The molecule has 1 rings (SSSR count). The molecule has 0 N–H and O–H groups in total. The van der Waals surface area contributed by atoms with Crippen LogP contribution in [0.1, 0.15) is 58.3 Å². The molecule has 0 aromatic carbocycles. The zero-order chi connectivity index (χ0) is 9.36. The topological polar surface area (TPSA) is 9.23 Å². The summed E-state index contributed by atoms with van der Waals surface area (Å²) in [6.45, 7) is 3.03. The fourth-order valence-electron chi connectivity index (χ4n) is 1.94. The van der Waals surface area contributed by atoms with Gasteiger partial charge in [0, 0.05) is 6.61 Å². The third-order valence-electron chi connectivity index (χ3n) is 2.81. The van der Waals surface area contributed by atoms with Crippen molar-refractivity contribution < 1.29 is 4.74 Å². The van der Waals surface area contributed by atoms with Gasteiger partial charge in [0.25, 0.3) is 0 Å². The van der Waals surface area contributed by atoms with Crippen LogP contribution in [0.4, 0.5) is 0 Å². The van der Waals surface area contributed by atoms with Crippen molar-refractivity contribution in [1.29, 1.82) is 0 Å². The normalized spacial score (nSPS) is 21.0. The summed E-state index contributed by atoms with van der Waals surface area (Å²) in [6.07, 6.45) is 13.5. The van der Waals surface area contributed by atoms with Gasteiger partial charge in [0.2, 0.25) is 0 Å². The first-order valence-corrected chi connectivity index (χ1v) is 5.83. The molecule has 0 spiro atoms. The predicted molar refractivity (Wildman–Crippen MR) is 56.7 cm³/mol. The SMILES string of the molecule is C[CH]CCOC1CCCCCCC1. The molecule has 1 heteroatoms. The summed E-state index contributed by atoms with van der Waals surface area (Å²) in [6, 6.07) is 0. The van der Waals surface area contributed by atoms with Gasteiger partial charge in [-0.15, -0.1) is 0 Å². The van der Waals surface area contributed by atoms with E-state index in [2.05, 4.69) is 13.3 Å². The van der Waals surface area contributed by atoms with Gasteiger partial charge >= 0.3 is 0 Å². The van der Waals surface area contributed by atoms with Gasteiger partial charge in [-0.3, -0.25) is 0 Å². The Balaban J connectivity index is 2.06. The van der Waals surface area contributed by atoms with E-state index in [0.29, 0.717) is 6.10 Å².